The fraction of sp³-hybridized carbons (Fsp3) is 0.367. The molecule has 0 saturated heterocycles. The number of nitrogens with one attached hydrogen (secondary N) is 3. The highest BCUT2D eigenvalue weighted by molar-refractivity contribution is 6.10. The van der Waals surface area contributed by atoms with Gasteiger partial charge in [-0.3, -0.25) is 4.79 Å². The predicted octanol–water partition coefficient (Wildman–Crippen LogP) is 6.51. The maximum Gasteiger partial charge on any atom is 0.328 e. The van der Waals surface area contributed by atoms with Gasteiger partial charge in [0, 0.05) is 5.69 Å². The zero-order valence-electron chi connectivity index (χ0n) is 22.7. The van der Waals surface area contributed by atoms with Crippen LogP contribution in [0, 0.1) is 26.2 Å². The molecule has 1 atom stereocenters. The summed E-state index contributed by atoms with van der Waals surface area (Å²) in [5.74, 6) is -0.968. The summed E-state index contributed by atoms with van der Waals surface area (Å²) in [6.07, 6.45) is 1.15. The highest BCUT2D eigenvalue weighted by Crippen LogP contribution is 2.27. The molecule has 3 amide bonds. The van der Waals surface area contributed by atoms with Crippen LogP contribution < -0.4 is 16.0 Å². The van der Waals surface area contributed by atoms with Gasteiger partial charge in [-0.15, -0.1) is 0 Å². The SMILES string of the molecule is COC(=O)C(CCC(C)(C)C)NC(=O)c1cc2ccccc2cc1NC(=O)Nc1c(C)cc(C)cc1C. The monoisotopic (exact) mass is 503 g/mol. The van der Waals surface area contributed by atoms with Gasteiger partial charge in [0.1, 0.15) is 6.04 Å². The molecule has 0 heterocycles. The number of hydrogen-bond acceptors (Lipinski definition) is 4. The molecule has 7 heteroatoms. The lowest BCUT2D eigenvalue weighted by Crippen LogP contribution is -2.42. The Morgan fingerprint density at radius 3 is 2.05 bits per heavy atom. The van der Waals surface area contributed by atoms with Gasteiger partial charge >= 0.3 is 12.0 Å². The number of methoxy groups -OCH3 is 1. The summed E-state index contributed by atoms with van der Waals surface area (Å²) >= 11 is 0. The van der Waals surface area contributed by atoms with Crippen LogP contribution in [0.1, 0.15) is 60.7 Å². The molecule has 0 aliphatic carbocycles. The van der Waals surface area contributed by atoms with Gasteiger partial charge in [-0.05, 0) is 73.1 Å². The van der Waals surface area contributed by atoms with E-state index in [0.717, 1.165) is 33.2 Å². The van der Waals surface area contributed by atoms with Crippen molar-refractivity contribution in [3.05, 3.63) is 70.8 Å². The van der Waals surface area contributed by atoms with Gasteiger partial charge in [0.05, 0.1) is 18.4 Å². The van der Waals surface area contributed by atoms with E-state index >= 15 is 0 Å². The number of hydrogen-bond donors (Lipinski definition) is 3. The first-order valence-corrected chi connectivity index (χ1v) is 12.5. The van der Waals surface area contributed by atoms with Crippen molar-refractivity contribution in [3.63, 3.8) is 0 Å². The highest BCUT2D eigenvalue weighted by atomic mass is 16.5. The minimum Gasteiger partial charge on any atom is -0.467 e. The van der Waals surface area contributed by atoms with E-state index < -0.39 is 23.9 Å². The van der Waals surface area contributed by atoms with Crippen LogP contribution in [0.4, 0.5) is 16.2 Å². The van der Waals surface area contributed by atoms with Crippen LogP contribution in [0.25, 0.3) is 10.8 Å². The molecule has 0 bridgehead atoms. The molecule has 3 aromatic carbocycles. The van der Waals surface area contributed by atoms with E-state index in [9.17, 15) is 14.4 Å². The summed E-state index contributed by atoms with van der Waals surface area (Å²) in [7, 11) is 1.31. The van der Waals surface area contributed by atoms with Crippen LogP contribution in [0.15, 0.2) is 48.5 Å². The summed E-state index contributed by atoms with van der Waals surface area (Å²) in [4.78, 5) is 38.9. The van der Waals surface area contributed by atoms with Crippen LogP contribution in [-0.2, 0) is 9.53 Å². The first-order valence-electron chi connectivity index (χ1n) is 12.5. The number of urea groups is 1. The molecule has 0 saturated carbocycles. The summed E-state index contributed by atoms with van der Waals surface area (Å²) in [5, 5.41) is 10.3. The van der Waals surface area contributed by atoms with Crippen molar-refractivity contribution in [3.8, 4) is 0 Å². The Balaban J connectivity index is 1.91. The second-order valence-corrected chi connectivity index (χ2v) is 10.7. The van der Waals surface area contributed by atoms with Crippen LogP contribution in [0.2, 0.25) is 0 Å². The Morgan fingerprint density at radius 2 is 1.49 bits per heavy atom. The first kappa shape index (κ1) is 27.7. The van der Waals surface area contributed by atoms with Gasteiger partial charge in [-0.1, -0.05) is 62.7 Å². The molecule has 3 aromatic rings. The number of aryl methyl sites for hydroxylation is 3. The molecular weight excluding hydrogens is 466 g/mol. The van der Waals surface area contributed by atoms with Crippen molar-refractivity contribution >= 4 is 40.1 Å². The van der Waals surface area contributed by atoms with Gasteiger partial charge in [0.25, 0.3) is 5.91 Å². The number of carbonyl (C=O) groups is 3. The predicted molar refractivity (Wildman–Crippen MR) is 149 cm³/mol. The van der Waals surface area contributed by atoms with Gasteiger partial charge in [-0.25, -0.2) is 9.59 Å². The van der Waals surface area contributed by atoms with Gasteiger partial charge in [0.15, 0.2) is 0 Å². The summed E-state index contributed by atoms with van der Waals surface area (Å²) in [5.41, 5.74) is 4.32. The third kappa shape index (κ3) is 7.32. The smallest absolute Gasteiger partial charge is 0.328 e. The van der Waals surface area contributed by atoms with Crippen molar-refractivity contribution in [1.29, 1.82) is 0 Å². The molecule has 7 nitrogen and oxygen atoms in total. The van der Waals surface area contributed by atoms with Crippen molar-refractivity contribution < 1.29 is 19.1 Å². The maximum absolute atomic E-state index is 13.5. The van der Waals surface area contributed by atoms with Crippen molar-refractivity contribution in [2.45, 2.75) is 60.4 Å². The average molecular weight is 504 g/mol. The molecule has 0 aliphatic rings. The van der Waals surface area contributed by atoms with Crippen LogP contribution in [0.5, 0.6) is 0 Å². The molecular formula is C30H37N3O4. The van der Waals surface area contributed by atoms with E-state index in [1.165, 1.54) is 7.11 Å². The Hall–Kier alpha value is -3.87. The lowest BCUT2D eigenvalue weighted by Gasteiger charge is -2.23. The van der Waals surface area contributed by atoms with Crippen LogP contribution in [0.3, 0.4) is 0 Å². The number of anilines is 2. The maximum atomic E-state index is 13.5. The molecule has 0 spiro atoms. The quantitative estimate of drug-likeness (QED) is 0.320. The summed E-state index contributed by atoms with van der Waals surface area (Å²) in [6, 6.07) is 13.8. The number of rotatable bonds is 7. The van der Waals surface area contributed by atoms with Crippen LogP contribution in [-0.4, -0.2) is 31.1 Å². The lowest BCUT2D eigenvalue weighted by molar-refractivity contribution is -0.143. The standard InChI is InChI=1S/C30H37N3O4/c1-18-14-19(2)26(20(3)15-18)33-29(36)32-25-17-22-11-9-8-10-21(22)16-23(25)27(34)31-24(28(35)37-7)12-13-30(4,5)6/h8-11,14-17,24H,12-13H2,1-7H3,(H,31,34)(H2,32,33,36). The minimum atomic E-state index is -0.803. The minimum absolute atomic E-state index is 0.0169. The molecule has 0 aromatic heterocycles. The Kier molecular flexibility index (Phi) is 8.58. The van der Waals surface area contributed by atoms with E-state index in [1.54, 1.807) is 12.1 Å². The highest BCUT2D eigenvalue weighted by Gasteiger charge is 2.26. The van der Waals surface area contributed by atoms with Gasteiger partial charge < -0.3 is 20.7 Å². The van der Waals surface area contributed by atoms with Crippen LogP contribution >= 0.6 is 0 Å². The molecule has 0 aliphatic heterocycles. The Morgan fingerprint density at radius 1 is 0.892 bits per heavy atom. The number of carbonyl (C=O) groups excluding carboxylic acids is 3. The zero-order valence-corrected chi connectivity index (χ0v) is 22.7. The molecule has 0 radical (unpaired) electrons. The van der Waals surface area contributed by atoms with Crippen molar-refractivity contribution in [2.75, 3.05) is 17.7 Å². The second kappa shape index (κ2) is 11.5. The topological polar surface area (TPSA) is 96.5 Å². The lowest BCUT2D eigenvalue weighted by atomic mass is 9.88. The summed E-state index contributed by atoms with van der Waals surface area (Å²) < 4.78 is 4.94. The fourth-order valence-corrected chi connectivity index (χ4v) is 4.38. The average Bonchev–Trinajstić information content (AvgIpc) is 2.82. The molecule has 196 valence electrons. The molecule has 1 unspecified atom stereocenters. The second-order valence-electron chi connectivity index (χ2n) is 10.7. The Bertz CT molecular complexity index is 1300. The normalized spacial score (nSPS) is 12.1. The zero-order chi connectivity index (χ0) is 27.3. The van der Waals surface area contributed by atoms with E-state index in [-0.39, 0.29) is 11.0 Å². The number of fused-ring (bicyclic) bond motifs is 1. The third-order valence-electron chi connectivity index (χ3n) is 6.27. The largest absolute Gasteiger partial charge is 0.467 e. The van der Waals surface area contributed by atoms with E-state index in [4.69, 9.17) is 4.74 Å². The van der Waals surface area contributed by atoms with Crippen molar-refractivity contribution in [2.24, 2.45) is 5.41 Å². The number of amides is 3. The molecule has 3 rings (SSSR count). The van der Waals surface area contributed by atoms with E-state index in [2.05, 4.69) is 36.7 Å². The summed E-state index contributed by atoms with van der Waals surface area (Å²) in [6.45, 7) is 12.1. The molecule has 3 N–H and O–H groups in total. The van der Waals surface area contributed by atoms with Crippen molar-refractivity contribution in [1.82, 2.24) is 5.32 Å². The molecule has 37 heavy (non-hydrogen) atoms. The third-order valence-corrected chi connectivity index (χ3v) is 6.27. The number of ether oxygens (including phenoxy) is 1. The number of esters is 1. The van der Waals surface area contributed by atoms with Gasteiger partial charge in [-0.2, -0.15) is 0 Å². The Labute approximate surface area is 219 Å². The molecule has 0 fully saturated rings. The number of benzene rings is 3. The van der Waals surface area contributed by atoms with Gasteiger partial charge in [0.2, 0.25) is 0 Å². The first-order chi connectivity index (χ1) is 17.4. The van der Waals surface area contributed by atoms with E-state index in [0.29, 0.717) is 18.5 Å². The van der Waals surface area contributed by atoms with E-state index in [1.807, 2.05) is 57.2 Å². The fourth-order valence-electron chi connectivity index (χ4n) is 4.38.